The Morgan fingerprint density at radius 1 is 0.826 bits per heavy atom. The molecular weight excluding hydrogens is 288 g/mol. The van der Waals surface area contributed by atoms with Gasteiger partial charge in [0.05, 0.1) is 0 Å². The first-order valence-electron chi connectivity index (χ1n) is 9.07. The average Bonchev–Trinajstić information content (AvgIpc) is 2.52. The molecule has 0 unspecified atom stereocenters. The van der Waals surface area contributed by atoms with Crippen LogP contribution in [0.1, 0.15) is 91.4 Å². The van der Waals surface area contributed by atoms with E-state index in [0.717, 1.165) is 12.8 Å². The molecule has 0 aliphatic rings. The largest absolute Gasteiger partial charge is 0.386 e. The number of hydrogen-bond donors (Lipinski definition) is 0. The van der Waals surface area contributed by atoms with Crippen LogP contribution in [0.5, 0.6) is 0 Å². The molecule has 0 aromatic rings. The number of carbonyl (C=O) groups is 2. The Balaban J connectivity index is 3.60. The highest BCUT2D eigenvalue weighted by molar-refractivity contribution is 6.00. The first-order chi connectivity index (χ1) is 11.0. The molecule has 0 aliphatic heterocycles. The Kier molecular flexibility index (Phi) is 13.4. The highest BCUT2D eigenvalue weighted by atomic mass is 16.6. The number of esters is 2. The third-order valence-corrected chi connectivity index (χ3v) is 3.86. The molecule has 0 rings (SSSR count). The monoisotopic (exact) mass is 322 g/mol. The molecule has 0 bridgehead atoms. The third kappa shape index (κ3) is 12.8. The molecule has 0 fully saturated rings. The van der Waals surface area contributed by atoms with E-state index in [0.29, 0.717) is 5.57 Å². The van der Waals surface area contributed by atoms with Crippen molar-refractivity contribution in [2.45, 2.75) is 91.4 Å². The van der Waals surface area contributed by atoms with Crippen LogP contribution >= 0.6 is 0 Å². The molecule has 0 atom stereocenters. The topological polar surface area (TPSA) is 43.4 Å². The third-order valence-electron chi connectivity index (χ3n) is 3.86. The lowest BCUT2D eigenvalue weighted by Gasteiger charge is -2.03. The van der Waals surface area contributed by atoms with Crippen LogP contribution in [0.4, 0.5) is 0 Å². The second kappa shape index (κ2) is 14.2. The number of unbranched alkanes of at least 4 members (excludes halogenated alkanes) is 10. The van der Waals surface area contributed by atoms with Gasteiger partial charge in [-0.3, -0.25) is 0 Å². The van der Waals surface area contributed by atoms with Crippen LogP contribution in [0.25, 0.3) is 0 Å². The van der Waals surface area contributed by atoms with Crippen molar-refractivity contribution >= 4 is 11.9 Å². The van der Waals surface area contributed by atoms with Crippen molar-refractivity contribution in [2.24, 2.45) is 0 Å². The molecule has 0 radical (unpaired) electrons. The van der Waals surface area contributed by atoms with Crippen molar-refractivity contribution in [3.8, 4) is 0 Å². The van der Waals surface area contributed by atoms with Crippen molar-refractivity contribution in [3.05, 3.63) is 23.8 Å². The minimum atomic E-state index is -0.651. The zero-order valence-electron chi connectivity index (χ0n) is 15.3. The van der Waals surface area contributed by atoms with E-state index in [1.54, 1.807) is 6.92 Å². The van der Waals surface area contributed by atoms with E-state index in [4.69, 9.17) is 0 Å². The van der Waals surface area contributed by atoms with E-state index in [9.17, 15) is 9.59 Å². The SMILES string of the molecule is C=C(C)C(=O)OC(=O)/C(C)=C/CCCCCCCCCCCC. The predicted molar refractivity (Wildman–Crippen MR) is 96.1 cm³/mol. The summed E-state index contributed by atoms with van der Waals surface area (Å²) >= 11 is 0. The first kappa shape index (κ1) is 21.6. The fraction of sp³-hybridized carbons (Fsp3) is 0.700. The molecule has 0 saturated heterocycles. The Morgan fingerprint density at radius 3 is 1.78 bits per heavy atom. The number of ether oxygens (including phenoxy) is 1. The van der Waals surface area contributed by atoms with Crippen molar-refractivity contribution in [1.82, 2.24) is 0 Å². The minimum Gasteiger partial charge on any atom is -0.386 e. The fourth-order valence-corrected chi connectivity index (χ4v) is 2.29. The van der Waals surface area contributed by atoms with Gasteiger partial charge in [0.2, 0.25) is 0 Å². The van der Waals surface area contributed by atoms with Crippen molar-refractivity contribution in [3.63, 3.8) is 0 Å². The van der Waals surface area contributed by atoms with Gasteiger partial charge in [0, 0.05) is 11.1 Å². The van der Waals surface area contributed by atoms with Gasteiger partial charge in [-0.25, -0.2) is 9.59 Å². The summed E-state index contributed by atoms with van der Waals surface area (Å²) in [5.41, 5.74) is 0.733. The lowest BCUT2D eigenvalue weighted by molar-refractivity contribution is -0.153. The summed E-state index contributed by atoms with van der Waals surface area (Å²) in [7, 11) is 0. The normalized spacial score (nSPS) is 11.3. The second-order valence-electron chi connectivity index (χ2n) is 6.32. The molecule has 0 aromatic carbocycles. The van der Waals surface area contributed by atoms with Crippen molar-refractivity contribution in [2.75, 3.05) is 0 Å². The maximum Gasteiger partial charge on any atom is 0.341 e. The Labute approximate surface area is 142 Å². The summed E-state index contributed by atoms with van der Waals surface area (Å²) in [5, 5.41) is 0. The van der Waals surface area contributed by atoms with Crippen LogP contribution in [0.3, 0.4) is 0 Å². The molecule has 23 heavy (non-hydrogen) atoms. The summed E-state index contributed by atoms with van der Waals surface area (Å²) in [6.07, 6.45) is 15.7. The van der Waals surface area contributed by atoms with Crippen LogP contribution in [0.15, 0.2) is 23.8 Å². The van der Waals surface area contributed by atoms with Gasteiger partial charge in [0.1, 0.15) is 0 Å². The van der Waals surface area contributed by atoms with Gasteiger partial charge >= 0.3 is 11.9 Å². The maximum absolute atomic E-state index is 11.6. The number of allylic oxidation sites excluding steroid dienone is 1. The van der Waals surface area contributed by atoms with Gasteiger partial charge in [0.15, 0.2) is 0 Å². The maximum atomic E-state index is 11.6. The van der Waals surface area contributed by atoms with Crippen molar-refractivity contribution < 1.29 is 14.3 Å². The summed E-state index contributed by atoms with van der Waals surface area (Å²) < 4.78 is 4.68. The first-order valence-corrected chi connectivity index (χ1v) is 9.07. The van der Waals surface area contributed by atoms with Crippen LogP contribution in [-0.2, 0) is 14.3 Å². The number of rotatable bonds is 13. The van der Waals surface area contributed by atoms with E-state index in [1.807, 2.05) is 6.08 Å². The Hall–Kier alpha value is -1.38. The van der Waals surface area contributed by atoms with E-state index in [1.165, 1.54) is 64.7 Å². The van der Waals surface area contributed by atoms with E-state index in [-0.39, 0.29) is 5.57 Å². The van der Waals surface area contributed by atoms with E-state index >= 15 is 0 Å². The number of carbonyl (C=O) groups excluding carboxylic acids is 2. The average molecular weight is 322 g/mol. The lowest BCUT2D eigenvalue weighted by atomic mass is 10.1. The zero-order chi connectivity index (χ0) is 17.5. The summed E-state index contributed by atoms with van der Waals surface area (Å²) in [5.74, 6) is -1.22. The molecular formula is C20H34O3. The smallest absolute Gasteiger partial charge is 0.341 e. The van der Waals surface area contributed by atoms with Gasteiger partial charge in [-0.15, -0.1) is 0 Å². The molecule has 0 N–H and O–H groups in total. The highest BCUT2D eigenvalue weighted by Crippen LogP contribution is 2.12. The minimum absolute atomic E-state index is 0.237. The van der Waals surface area contributed by atoms with Crippen LogP contribution < -0.4 is 0 Å². The van der Waals surface area contributed by atoms with E-state index in [2.05, 4.69) is 18.2 Å². The van der Waals surface area contributed by atoms with Gasteiger partial charge < -0.3 is 4.74 Å². The molecule has 0 aromatic heterocycles. The van der Waals surface area contributed by atoms with Gasteiger partial charge in [-0.05, 0) is 26.7 Å². The Morgan fingerprint density at radius 2 is 1.30 bits per heavy atom. The number of hydrogen-bond acceptors (Lipinski definition) is 3. The van der Waals surface area contributed by atoms with E-state index < -0.39 is 11.9 Å². The zero-order valence-corrected chi connectivity index (χ0v) is 15.3. The van der Waals surface area contributed by atoms with Gasteiger partial charge in [0.25, 0.3) is 0 Å². The molecule has 132 valence electrons. The van der Waals surface area contributed by atoms with Crippen LogP contribution in [0.2, 0.25) is 0 Å². The molecule has 0 aliphatic carbocycles. The highest BCUT2D eigenvalue weighted by Gasteiger charge is 2.12. The lowest BCUT2D eigenvalue weighted by Crippen LogP contribution is -2.13. The summed E-state index contributed by atoms with van der Waals surface area (Å²) in [6, 6.07) is 0. The fourth-order valence-electron chi connectivity index (χ4n) is 2.29. The quantitative estimate of drug-likeness (QED) is 0.184. The van der Waals surface area contributed by atoms with Gasteiger partial charge in [-0.2, -0.15) is 0 Å². The Bertz CT molecular complexity index is 394. The molecule has 3 heteroatoms. The summed E-state index contributed by atoms with van der Waals surface area (Å²) in [6.45, 7) is 8.91. The van der Waals surface area contributed by atoms with Crippen LogP contribution in [0, 0.1) is 0 Å². The van der Waals surface area contributed by atoms with Crippen molar-refractivity contribution in [1.29, 1.82) is 0 Å². The molecule has 0 amide bonds. The second-order valence-corrected chi connectivity index (χ2v) is 6.32. The molecule has 0 heterocycles. The summed E-state index contributed by atoms with van der Waals surface area (Å²) in [4.78, 5) is 22.9. The van der Waals surface area contributed by atoms with Gasteiger partial charge in [-0.1, -0.05) is 77.4 Å². The molecule has 0 saturated carbocycles. The predicted octanol–water partition coefficient (Wildman–Crippen LogP) is 5.89. The molecule has 0 spiro atoms. The molecule has 3 nitrogen and oxygen atoms in total. The standard InChI is InChI=1S/C20H34O3/c1-5-6-7-8-9-10-11-12-13-14-15-16-18(4)20(22)23-19(21)17(2)3/h16H,2,5-15H2,1,3-4H3/b18-16+. The van der Waals surface area contributed by atoms with Crippen LogP contribution in [-0.4, -0.2) is 11.9 Å².